The molecule has 0 aliphatic heterocycles. The summed E-state index contributed by atoms with van der Waals surface area (Å²) in [6, 6.07) is 0. The van der Waals surface area contributed by atoms with Crippen molar-refractivity contribution in [1.29, 1.82) is 0 Å². The molecule has 0 aliphatic carbocycles. The number of unbranched alkanes of at least 4 members (excludes halogenated alkanes) is 25. The summed E-state index contributed by atoms with van der Waals surface area (Å²) in [6.07, 6.45) is 56.7. The Kier molecular flexibility index (Phi) is 45.4. The second kappa shape index (κ2) is 47.2. The van der Waals surface area contributed by atoms with Gasteiger partial charge in [-0.1, -0.05) is 179 Å². The van der Waals surface area contributed by atoms with Gasteiger partial charge in [-0.2, -0.15) is 0 Å². The summed E-state index contributed by atoms with van der Waals surface area (Å²) in [5.74, 6) is -0.422. The SMILES string of the molecule is CCCC/C=C\CCCCCCCCOCC(COC(=O)CCCCCCC/C=C\C/C=C\CCCCC)OC(=O)CCCCCCC/C=C\CCCCCC. The van der Waals surface area contributed by atoms with Crippen molar-refractivity contribution in [3.05, 3.63) is 48.6 Å². The van der Waals surface area contributed by atoms with E-state index < -0.39 is 6.10 Å². The molecule has 0 spiro atoms. The van der Waals surface area contributed by atoms with Crippen molar-refractivity contribution in [2.45, 2.75) is 245 Å². The topological polar surface area (TPSA) is 61.8 Å². The molecule has 5 nitrogen and oxygen atoms in total. The van der Waals surface area contributed by atoms with Gasteiger partial charge in [-0.25, -0.2) is 0 Å². The summed E-state index contributed by atoms with van der Waals surface area (Å²) in [5.41, 5.74) is 0. The van der Waals surface area contributed by atoms with Crippen molar-refractivity contribution in [3.8, 4) is 0 Å². The maximum Gasteiger partial charge on any atom is 0.306 e. The lowest BCUT2D eigenvalue weighted by Crippen LogP contribution is -2.30. The molecule has 0 aromatic heterocycles. The van der Waals surface area contributed by atoms with Crippen LogP contribution in [0, 0.1) is 0 Å². The lowest BCUT2D eigenvalue weighted by atomic mass is 10.1. The predicted molar refractivity (Wildman–Crippen MR) is 242 cm³/mol. The number of carbonyl (C=O) groups excluding carboxylic acids is 2. The van der Waals surface area contributed by atoms with Crippen molar-refractivity contribution in [2.24, 2.45) is 0 Å². The number of hydrogen-bond donors (Lipinski definition) is 0. The highest BCUT2D eigenvalue weighted by Gasteiger charge is 2.17. The van der Waals surface area contributed by atoms with Crippen molar-refractivity contribution in [2.75, 3.05) is 19.8 Å². The molecule has 0 amide bonds. The van der Waals surface area contributed by atoms with Crippen LogP contribution in [0.3, 0.4) is 0 Å². The van der Waals surface area contributed by atoms with Crippen LogP contribution in [0.1, 0.15) is 239 Å². The Hall–Kier alpha value is -2.14. The quantitative estimate of drug-likeness (QED) is 0.0350. The van der Waals surface area contributed by atoms with Gasteiger partial charge in [0.2, 0.25) is 0 Å². The standard InChI is InChI=1S/C51H92O5/c1-4-7-10-13-16-19-22-25-26-28-29-32-35-38-41-44-50(52)55-48-49(47-54-46-43-40-37-34-31-24-21-18-15-12-9-6-3)56-51(53)45-42-39-36-33-30-27-23-20-17-14-11-8-5-2/h15-16,18-20,23,25-26,49H,4-14,17,21-22,24,27-48H2,1-3H3/b18-15-,19-16-,23-20-,26-25-. The van der Waals surface area contributed by atoms with E-state index in [0.717, 1.165) is 70.6 Å². The molecule has 56 heavy (non-hydrogen) atoms. The van der Waals surface area contributed by atoms with E-state index >= 15 is 0 Å². The van der Waals surface area contributed by atoms with E-state index in [0.29, 0.717) is 19.4 Å². The number of allylic oxidation sites excluding steroid dienone is 8. The maximum absolute atomic E-state index is 12.7. The Morgan fingerprint density at radius 2 is 0.768 bits per heavy atom. The molecule has 0 radical (unpaired) electrons. The van der Waals surface area contributed by atoms with E-state index in [9.17, 15) is 9.59 Å². The van der Waals surface area contributed by atoms with Crippen LogP contribution in [0.15, 0.2) is 48.6 Å². The fourth-order valence-electron chi connectivity index (χ4n) is 6.63. The summed E-state index contributed by atoms with van der Waals surface area (Å²) < 4.78 is 17.3. The molecule has 0 saturated heterocycles. The van der Waals surface area contributed by atoms with E-state index in [1.54, 1.807) is 0 Å². The van der Waals surface area contributed by atoms with Crippen molar-refractivity contribution < 1.29 is 23.8 Å². The van der Waals surface area contributed by atoms with Gasteiger partial charge in [0.15, 0.2) is 6.10 Å². The van der Waals surface area contributed by atoms with Crippen molar-refractivity contribution in [3.63, 3.8) is 0 Å². The fourth-order valence-corrected chi connectivity index (χ4v) is 6.63. The third kappa shape index (κ3) is 44.6. The van der Waals surface area contributed by atoms with Crippen LogP contribution in [-0.4, -0.2) is 37.9 Å². The molecule has 0 heterocycles. The molecule has 0 N–H and O–H groups in total. The molecule has 5 heteroatoms. The van der Waals surface area contributed by atoms with E-state index in [1.807, 2.05) is 0 Å². The fraction of sp³-hybridized carbons (Fsp3) is 0.804. The number of carbonyl (C=O) groups is 2. The van der Waals surface area contributed by atoms with Gasteiger partial charge in [-0.15, -0.1) is 0 Å². The summed E-state index contributed by atoms with van der Waals surface area (Å²) in [7, 11) is 0. The zero-order valence-corrected chi connectivity index (χ0v) is 37.4. The molecular formula is C51H92O5. The molecule has 0 aromatic rings. The largest absolute Gasteiger partial charge is 0.462 e. The lowest BCUT2D eigenvalue weighted by molar-refractivity contribution is -0.163. The average Bonchev–Trinajstić information content (AvgIpc) is 3.20. The van der Waals surface area contributed by atoms with Gasteiger partial charge in [0, 0.05) is 19.4 Å². The van der Waals surface area contributed by atoms with Gasteiger partial charge in [0.05, 0.1) is 6.61 Å². The van der Waals surface area contributed by atoms with Gasteiger partial charge < -0.3 is 14.2 Å². The molecule has 0 rings (SSSR count). The first-order valence-corrected chi connectivity index (χ1v) is 24.2. The molecule has 0 saturated carbocycles. The molecule has 0 fully saturated rings. The summed E-state index contributed by atoms with van der Waals surface area (Å²) in [4.78, 5) is 25.3. The summed E-state index contributed by atoms with van der Waals surface area (Å²) in [6.45, 7) is 7.73. The highest BCUT2D eigenvalue weighted by atomic mass is 16.6. The summed E-state index contributed by atoms with van der Waals surface area (Å²) in [5, 5.41) is 0. The second-order valence-electron chi connectivity index (χ2n) is 16.0. The van der Waals surface area contributed by atoms with Crippen molar-refractivity contribution >= 4 is 11.9 Å². The Labute approximate surface area is 348 Å². The second-order valence-corrected chi connectivity index (χ2v) is 16.0. The molecule has 326 valence electrons. The zero-order valence-electron chi connectivity index (χ0n) is 37.4. The summed E-state index contributed by atoms with van der Waals surface area (Å²) >= 11 is 0. The van der Waals surface area contributed by atoms with Gasteiger partial charge in [-0.05, 0) is 96.3 Å². The normalized spacial score (nSPS) is 12.6. The third-order valence-corrected chi connectivity index (χ3v) is 10.3. The molecule has 1 unspecified atom stereocenters. The van der Waals surface area contributed by atoms with E-state index in [-0.39, 0.29) is 25.2 Å². The van der Waals surface area contributed by atoms with Crippen LogP contribution in [0.2, 0.25) is 0 Å². The Balaban J connectivity index is 4.29. The minimum atomic E-state index is -0.546. The Bertz CT molecular complexity index is 935. The Morgan fingerprint density at radius 1 is 0.393 bits per heavy atom. The number of hydrogen-bond acceptors (Lipinski definition) is 5. The van der Waals surface area contributed by atoms with Gasteiger partial charge in [0.1, 0.15) is 6.61 Å². The van der Waals surface area contributed by atoms with E-state index in [1.165, 1.54) is 135 Å². The minimum Gasteiger partial charge on any atom is -0.462 e. The average molecular weight is 785 g/mol. The highest BCUT2D eigenvalue weighted by molar-refractivity contribution is 5.70. The van der Waals surface area contributed by atoms with Gasteiger partial charge in [-0.3, -0.25) is 9.59 Å². The molecular weight excluding hydrogens is 693 g/mol. The molecule has 0 bridgehead atoms. The van der Waals surface area contributed by atoms with Crippen LogP contribution in [0.4, 0.5) is 0 Å². The first-order chi connectivity index (χ1) is 27.6. The van der Waals surface area contributed by atoms with Crippen LogP contribution in [-0.2, 0) is 23.8 Å². The maximum atomic E-state index is 12.7. The first-order valence-electron chi connectivity index (χ1n) is 24.2. The lowest BCUT2D eigenvalue weighted by Gasteiger charge is -2.18. The van der Waals surface area contributed by atoms with Crippen LogP contribution in [0.25, 0.3) is 0 Å². The number of ether oxygens (including phenoxy) is 3. The van der Waals surface area contributed by atoms with E-state index in [2.05, 4.69) is 69.4 Å². The van der Waals surface area contributed by atoms with Gasteiger partial charge in [0.25, 0.3) is 0 Å². The Morgan fingerprint density at radius 3 is 1.29 bits per heavy atom. The van der Waals surface area contributed by atoms with E-state index in [4.69, 9.17) is 14.2 Å². The first kappa shape index (κ1) is 53.9. The smallest absolute Gasteiger partial charge is 0.306 e. The predicted octanol–water partition coefficient (Wildman–Crippen LogP) is 16.0. The van der Waals surface area contributed by atoms with Crippen LogP contribution < -0.4 is 0 Å². The highest BCUT2D eigenvalue weighted by Crippen LogP contribution is 2.13. The minimum absolute atomic E-state index is 0.0733. The molecule has 0 aromatic carbocycles. The molecule has 1 atom stereocenters. The zero-order chi connectivity index (χ0) is 40.7. The van der Waals surface area contributed by atoms with Crippen molar-refractivity contribution in [1.82, 2.24) is 0 Å². The number of esters is 2. The van der Waals surface area contributed by atoms with Crippen LogP contribution in [0.5, 0.6) is 0 Å². The third-order valence-electron chi connectivity index (χ3n) is 10.3. The number of rotatable bonds is 44. The molecule has 0 aliphatic rings. The van der Waals surface area contributed by atoms with Gasteiger partial charge >= 0.3 is 11.9 Å². The van der Waals surface area contributed by atoms with Crippen LogP contribution >= 0.6 is 0 Å². The monoisotopic (exact) mass is 785 g/mol.